The number of aryl methyl sites for hydroxylation is 1. The molecule has 3 heterocycles. The fourth-order valence-corrected chi connectivity index (χ4v) is 6.18. The van der Waals surface area contributed by atoms with Crippen LogP contribution in [0, 0.1) is 6.92 Å². The minimum atomic E-state index is -3.72. The van der Waals surface area contributed by atoms with Crippen molar-refractivity contribution in [2.45, 2.75) is 49.3 Å². The van der Waals surface area contributed by atoms with Gasteiger partial charge in [0.15, 0.2) is 0 Å². The zero-order valence-electron chi connectivity index (χ0n) is 17.7. The molecule has 1 aromatic rings. The number of ether oxygens (including phenoxy) is 2. The highest BCUT2D eigenvalue weighted by Crippen LogP contribution is 2.38. The first-order valence-corrected chi connectivity index (χ1v) is 12.2. The molecule has 3 aliphatic heterocycles. The molecule has 3 fully saturated rings. The van der Waals surface area contributed by atoms with Crippen molar-refractivity contribution >= 4 is 21.8 Å². The zero-order chi connectivity index (χ0) is 22.1. The Labute approximate surface area is 182 Å². The highest BCUT2D eigenvalue weighted by Gasteiger charge is 2.51. The molecular formula is C21H29N3O6S. The van der Waals surface area contributed by atoms with Gasteiger partial charge in [-0.1, -0.05) is 17.7 Å². The first-order valence-electron chi connectivity index (χ1n) is 10.7. The van der Waals surface area contributed by atoms with E-state index in [0.29, 0.717) is 32.6 Å². The fraction of sp³-hybridized carbons (Fsp3) is 0.619. The standard InChI is InChI=1S/C21H29N3O6S/c1-16-4-6-18(7-5-16)31(27,28)24-12-14-30-21(24)8-10-23(11-9-21)20(26)19(25)22-15-17-3-2-13-29-17/h4-7,17H,2-3,8-15H2,1H3,(H,22,25)/t17-/m1/s1. The molecule has 10 heteroatoms. The van der Waals surface area contributed by atoms with Crippen molar-refractivity contribution < 1.29 is 27.5 Å². The molecule has 4 rings (SSSR count). The Morgan fingerprint density at radius 2 is 1.84 bits per heavy atom. The zero-order valence-corrected chi connectivity index (χ0v) is 18.5. The van der Waals surface area contributed by atoms with E-state index in [2.05, 4.69) is 5.32 Å². The number of rotatable bonds is 4. The number of hydrogen-bond acceptors (Lipinski definition) is 6. The van der Waals surface area contributed by atoms with Crippen LogP contribution in [0.3, 0.4) is 0 Å². The lowest BCUT2D eigenvalue weighted by Gasteiger charge is -2.42. The summed E-state index contributed by atoms with van der Waals surface area (Å²) in [6, 6.07) is 6.75. The molecule has 0 aliphatic carbocycles. The highest BCUT2D eigenvalue weighted by atomic mass is 32.2. The third-order valence-corrected chi connectivity index (χ3v) is 8.23. The average Bonchev–Trinajstić information content (AvgIpc) is 3.43. The maximum Gasteiger partial charge on any atom is 0.311 e. The lowest BCUT2D eigenvalue weighted by atomic mass is 10.0. The van der Waals surface area contributed by atoms with Gasteiger partial charge in [0, 0.05) is 45.6 Å². The second-order valence-electron chi connectivity index (χ2n) is 8.32. The lowest BCUT2D eigenvalue weighted by Crippen LogP contribution is -2.57. The summed E-state index contributed by atoms with van der Waals surface area (Å²) in [5, 5.41) is 2.65. The normalized spacial score (nSPS) is 23.9. The van der Waals surface area contributed by atoms with Crippen LogP contribution in [0.2, 0.25) is 0 Å². The molecule has 0 bridgehead atoms. The minimum absolute atomic E-state index is 0.0335. The summed E-state index contributed by atoms with van der Waals surface area (Å²) in [5.74, 6) is -1.25. The number of piperidine rings is 1. The van der Waals surface area contributed by atoms with E-state index in [0.717, 1.165) is 18.4 Å². The van der Waals surface area contributed by atoms with Crippen molar-refractivity contribution in [3.05, 3.63) is 29.8 Å². The molecule has 31 heavy (non-hydrogen) atoms. The van der Waals surface area contributed by atoms with Gasteiger partial charge in [-0.2, -0.15) is 4.31 Å². The molecule has 1 spiro atoms. The Bertz CT molecular complexity index is 919. The predicted octanol–water partition coefficient (Wildman–Crippen LogP) is 0.630. The van der Waals surface area contributed by atoms with Crippen molar-refractivity contribution in [1.82, 2.24) is 14.5 Å². The molecule has 3 saturated heterocycles. The molecule has 0 radical (unpaired) electrons. The number of amides is 2. The van der Waals surface area contributed by atoms with Crippen molar-refractivity contribution in [3.8, 4) is 0 Å². The SMILES string of the molecule is Cc1ccc(S(=O)(=O)N2CCOC23CCN(C(=O)C(=O)NC[C@H]2CCCO2)CC3)cc1. The third kappa shape index (κ3) is 4.48. The Morgan fingerprint density at radius 1 is 1.13 bits per heavy atom. The van der Waals surface area contributed by atoms with Crippen molar-refractivity contribution in [1.29, 1.82) is 0 Å². The van der Waals surface area contributed by atoms with Crippen LogP contribution in [-0.2, 0) is 29.1 Å². The Hall–Kier alpha value is -2.01. The largest absolute Gasteiger partial charge is 0.376 e. The maximum absolute atomic E-state index is 13.2. The first-order chi connectivity index (χ1) is 14.8. The van der Waals surface area contributed by atoms with E-state index < -0.39 is 27.6 Å². The van der Waals surface area contributed by atoms with Gasteiger partial charge in [0.05, 0.1) is 17.6 Å². The van der Waals surface area contributed by atoms with Crippen LogP contribution in [0.5, 0.6) is 0 Å². The summed E-state index contributed by atoms with van der Waals surface area (Å²) in [5.41, 5.74) is 0.00482. The highest BCUT2D eigenvalue weighted by molar-refractivity contribution is 7.89. The Morgan fingerprint density at radius 3 is 2.48 bits per heavy atom. The smallest absolute Gasteiger partial charge is 0.311 e. The van der Waals surface area contributed by atoms with E-state index in [9.17, 15) is 18.0 Å². The molecule has 1 aromatic carbocycles. The van der Waals surface area contributed by atoms with E-state index in [1.807, 2.05) is 6.92 Å². The molecule has 1 N–H and O–H groups in total. The summed E-state index contributed by atoms with van der Waals surface area (Å²) >= 11 is 0. The van der Waals surface area contributed by atoms with Crippen LogP contribution in [0.25, 0.3) is 0 Å². The Kier molecular flexibility index (Phi) is 6.34. The molecule has 0 saturated carbocycles. The van der Waals surface area contributed by atoms with Gasteiger partial charge in [0.25, 0.3) is 0 Å². The van der Waals surface area contributed by atoms with Crippen LogP contribution in [-0.4, -0.2) is 80.7 Å². The maximum atomic E-state index is 13.2. The second-order valence-corrected chi connectivity index (χ2v) is 10.2. The number of nitrogens with one attached hydrogen (secondary N) is 1. The summed E-state index contributed by atoms with van der Waals surface area (Å²) < 4.78 is 39.3. The van der Waals surface area contributed by atoms with E-state index in [-0.39, 0.29) is 30.6 Å². The van der Waals surface area contributed by atoms with Gasteiger partial charge in [0.2, 0.25) is 10.0 Å². The van der Waals surface area contributed by atoms with Gasteiger partial charge in [-0.25, -0.2) is 8.42 Å². The molecule has 9 nitrogen and oxygen atoms in total. The molecular weight excluding hydrogens is 422 g/mol. The van der Waals surface area contributed by atoms with Crippen LogP contribution in [0.4, 0.5) is 0 Å². The first kappa shape index (κ1) is 22.2. The monoisotopic (exact) mass is 451 g/mol. The lowest BCUT2D eigenvalue weighted by molar-refractivity contribution is -0.151. The molecule has 2 amide bonds. The summed E-state index contributed by atoms with van der Waals surface area (Å²) in [6.45, 7) is 4.00. The molecule has 0 aromatic heterocycles. The van der Waals surface area contributed by atoms with Crippen molar-refractivity contribution in [3.63, 3.8) is 0 Å². The number of carbonyl (C=O) groups excluding carboxylic acids is 2. The van der Waals surface area contributed by atoms with Crippen molar-refractivity contribution in [2.75, 3.05) is 39.4 Å². The third-order valence-electron chi connectivity index (χ3n) is 6.27. The van der Waals surface area contributed by atoms with Gasteiger partial charge < -0.3 is 19.7 Å². The molecule has 0 unspecified atom stereocenters. The van der Waals surface area contributed by atoms with E-state index in [1.165, 1.54) is 9.21 Å². The van der Waals surface area contributed by atoms with Crippen LogP contribution in [0.15, 0.2) is 29.2 Å². The molecule has 3 aliphatic rings. The van der Waals surface area contributed by atoms with Gasteiger partial charge in [-0.3, -0.25) is 9.59 Å². The number of hydrogen-bond donors (Lipinski definition) is 1. The van der Waals surface area contributed by atoms with Gasteiger partial charge in [-0.15, -0.1) is 0 Å². The van der Waals surface area contributed by atoms with Crippen LogP contribution >= 0.6 is 0 Å². The summed E-state index contributed by atoms with van der Waals surface area (Å²) in [6.07, 6.45) is 2.45. The quantitative estimate of drug-likeness (QED) is 0.674. The minimum Gasteiger partial charge on any atom is -0.376 e. The summed E-state index contributed by atoms with van der Waals surface area (Å²) in [4.78, 5) is 26.5. The average molecular weight is 452 g/mol. The van der Waals surface area contributed by atoms with E-state index in [1.54, 1.807) is 24.3 Å². The summed E-state index contributed by atoms with van der Waals surface area (Å²) in [7, 11) is -3.72. The Balaban J connectivity index is 1.38. The number of nitrogens with zero attached hydrogens (tertiary/aromatic N) is 2. The number of sulfonamides is 1. The second kappa shape index (κ2) is 8.85. The molecule has 1 atom stereocenters. The predicted molar refractivity (Wildman–Crippen MR) is 112 cm³/mol. The number of benzene rings is 1. The van der Waals surface area contributed by atoms with Crippen LogP contribution in [0.1, 0.15) is 31.2 Å². The number of likely N-dealkylation sites (tertiary alicyclic amines) is 1. The van der Waals surface area contributed by atoms with E-state index >= 15 is 0 Å². The fourth-order valence-electron chi connectivity index (χ4n) is 4.45. The topological polar surface area (TPSA) is 105 Å². The van der Waals surface area contributed by atoms with Gasteiger partial charge >= 0.3 is 11.8 Å². The van der Waals surface area contributed by atoms with E-state index in [4.69, 9.17) is 9.47 Å². The van der Waals surface area contributed by atoms with Crippen molar-refractivity contribution in [2.24, 2.45) is 0 Å². The van der Waals surface area contributed by atoms with Gasteiger partial charge in [0.1, 0.15) is 5.72 Å². The van der Waals surface area contributed by atoms with Crippen LogP contribution < -0.4 is 5.32 Å². The van der Waals surface area contributed by atoms with Gasteiger partial charge in [-0.05, 0) is 31.9 Å². The molecule has 170 valence electrons. The number of carbonyl (C=O) groups is 2.